The van der Waals surface area contributed by atoms with Crippen LogP contribution in [0.5, 0.6) is 0 Å². The van der Waals surface area contributed by atoms with Crippen molar-refractivity contribution in [3.63, 3.8) is 0 Å². The van der Waals surface area contributed by atoms with Gasteiger partial charge in [-0.25, -0.2) is 4.68 Å². The van der Waals surface area contributed by atoms with E-state index in [9.17, 15) is 5.11 Å². The highest BCUT2D eigenvalue weighted by atomic mass is 35.5. The second-order valence-electron chi connectivity index (χ2n) is 5.77. The average molecular weight is 377 g/mol. The summed E-state index contributed by atoms with van der Waals surface area (Å²) in [4.78, 5) is 8.99. The first-order chi connectivity index (χ1) is 12.5. The van der Waals surface area contributed by atoms with Crippen LogP contribution < -0.4 is 16.4 Å². The van der Waals surface area contributed by atoms with Crippen molar-refractivity contribution < 1.29 is 5.11 Å². The van der Waals surface area contributed by atoms with Gasteiger partial charge in [0.15, 0.2) is 17.0 Å². The Kier molecular flexibility index (Phi) is 5.38. The molecule has 26 heavy (non-hydrogen) atoms. The van der Waals surface area contributed by atoms with Crippen molar-refractivity contribution in [1.29, 1.82) is 0 Å². The first kappa shape index (κ1) is 18.2. The Morgan fingerprint density at radius 2 is 2.12 bits per heavy atom. The van der Waals surface area contributed by atoms with Crippen LogP contribution in [0.15, 0.2) is 18.2 Å². The summed E-state index contributed by atoms with van der Waals surface area (Å²) in [6.45, 7) is 4.54. The number of anilines is 4. The number of halogens is 1. The number of fused-ring (bicyclic) bond motifs is 1. The number of nitrogens with two attached hydrogens (primary N) is 1. The van der Waals surface area contributed by atoms with Gasteiger partial charge in [0.1, 0.15) is 0 Å². The van der Waals surface area contributed by atoms with E-state index >= 15 is 0 Å². The maximum absolute atomic E-state index is 9.43. The zero-order valence-corrected chi connectivity index (χ0v) is 15.3. The van der Waals surface area contributed by atoms with E-state index in [2.05, 4.69) is 30.9 Å². The lowest BCUT2D eigenvalue weighted by Crippen LogP contribution is -2.24. The Bertz CT molecular complexity index is 909. The number of aliphatic hydroxyl groups is 1. The third kappa shape index (κ3) is 3.63. The lowest BCUT2D eigenvalue weighted by Gasteiger charge is -2.15. The molecule has 2 aromatic heterocycles. The fraction of sp³-hybridized carbons (Fsp3) is 0.375. The third-order valence-electron chi connectivity index (χ3n) is 3.97. The number of nitrogens with zero attached hydrogens (tertiary/aromatic N) is 5. The minimum absolute atomic E-state index is 0.0142. The second-order valence-corrected chi connectivity index (χ2v) is 6.17. The zero-order valence-electron chi connectivity index (χ0n) is 14.6. The average Bonchev–Trinajstić information content (AvgIpc) is 3.06. The summed E-state index contributed by atoms with van der Waals surface area (Å²) >= 11 is 5.98. The van der Waals surface area contributed by atoms with Crippen LogP contribution in [0.3, 0.4) is 0 Å². The summed E-state index contributed by atoms with van der Waals surface area (Å²) < 4.78 is 1.68. The van der Waals surface area contributed by atoms with E-state index in [1.54, 1.807) is 22.9 Å². The Morgan fingerprint density at radius 1 is 1.31 bits per heavy atom. The molecule has 1 atom stereocenters. The second kappa shape index (κ2) is 7.71. The quantitative estimate of drug-likeness (QED) is 0.463. The van der Waals surface area contributed by atoms with Crippen LogP contribution in [-0.2, 0) is 6.54 Å². The largest absolute Gasteiger partial charge is 0.397 e. The summed E-state index contributed by atoms with van der Waals surface area (Å²) in [6, 6.07) is 5.08. The van der Waals surface area contributed by atoms with E-state index in [0.717, 1.165) is 12.1 Å². The van der Waals surface area contributed by atoms with Gasteiger partial charge in [-0.1, -0.05) is 23.7 Å². The monoisotopic (exact) mass is 376 g/mol. The summed E-state index contributed by atoms with van der Waals surface area (Å²) in [5, 5.41) is 24.5. The van der Waals surface area contributed by atoms with Gasteiger partial charge in [-0.2, -0.15) is 9.97 Å². The molecule has 2 heterocycles. The van der Waals surface area contributed by atoms with Gasteiger partial charge in [0.2, 0.25) is 5.95 Å². The van der Waals surface area contributed by atoms with Crippen molar-refractivity contribution in [2.45, 2.75) is 32.9 Å². The number of nitrogen functional groups attached to an aromatic ring is 1. The smallest absolute Gasteiger partial charge is 0.227 e. The molecule has 10 heteroatoms. The van der Waals surface area contributed by atoms with Crippen molar-refractivity contribution in [1.82, 2.24) is 25.0 Å². The molecule has 1 unspecified atom stereocenters. The molecule has 0 radical (unpaired) electrons. The highest BCUT2D eigenvalue weighted by Gasteiger charge is 2.16. The highest BCUT2D eigenvalue weighted by molar-refractivity contribution is 6.33. The van der Waals surface area contributed by atoms with Gasteiger partial charge in [0, 0.05) is 12.2 Å². The van der Waals surface area contributed by atoms with Crippen molar-refractivity contribution in [3.8, 4) is 0 Å². The fourth-order valence-corrected chi connectivity index (χ4v) is 2.56. The minimum Gasteiger partial charge on any atom is -0.397 e. The normalized spacial score (nSPS) is 12.3. The molecule has 0 aliphatic rings. The maximum atomic E-state index is 9.43. The molecule has 9 nitrogen and oxygen atoms in total. The van der Waals surface area contributed by atoms with Crippen molar-refractivity contribution in [2.24, 2.45) is 0 Å². The van der Waals surface area contributed by atoms with Crippen LogP contribution >= 0.6 is 11.6 Å². The first-order valence-electron chi connectivity index (χ1n) is 8.36. The topological polar surface area (TPSA) is 127 Å². The van der Waals surface area contributed by atoms with Crippen molar-refractivity contribution >= 4 is 45.9 Å². The van der Waals surface area contributed by atoms with Crippen LogP contribution in [0, 0.1) is 0 Å². The fourth-order valence-electron chi connectivity index (χ4n) is 2.44. The predicted octanol–water partition coefficient (Wildman–Crippen LogP) is 2.40. The summed E-state index contributed by atoms with van der Waals surface area (Å²) in [7, 11) is 0. The lowest BCUT2D eigenvalue weighted by atomic mass is 10.2. The van der Waals surface area contributed by atoms with Crippen molar-refractivity contribution in [3.05, 3.63) is 23.2 Å². The van der Waals surface area contributed by atoms with E-state index < -0.39 is 0 Å². The molecule has 3 aromatic rings. The van der Waals surface area contributed by atoms with E-state index in [-0.39, 0.29) is 12.6 Å². The highest BCUT2D eigenvalue weighted by Crippen LogP contribution is 2.27. The molecule has 3 rings (SSSR count). The van der Waals surface area contributed by atoms with Gasteiger partial charge in [-0.05, 0) is 31.5 Å². The van der Waals surface area contributed by atoms with Crippen LogP contribution in [0.2, 0.25) is 5.02 Å². The molecule has 138 valence electrons. The molecular weight excluding hydrogens is 356 g/mol. The molecule has 0 bridgehead atoms. The lowest BCUT2D eigenvalue weighted by molar-refractivity contribution is 0.271. The molecule has 0 saturated carbocycles. The number of hydrogen-bond donors (Lipinski definition) is 4. The third-order valence-corrected chi connectivity index (χ3v) is 4.31. The molecule has 5 N–H and O–H groups in total. The standard InChI is InChI=1S/C16H21ClN8O/c1-3-9(8-26)20-16-21-14(13-15(22-16)25(4-2)24-23-13)19-10-5-6-11(17)12(18)7-10/h5-7,9,26H,3-4,8,18H2,1-2H3,(H2,19,20,21,22). The number of aliphatic hydroxyl groups excluding tert-OH is 1. The van der Waals surface area contributed by atoms with E-state index in [1.165, 1.54) is 0 Å². The number of benzene rings is 1. The van der Waals surface area contributed by atoms with Gasteiger partial charge in [-0.3, -0.25) is 0 Å². The summed E-state index contributed by atoms with van der Waals surface area (Å²) in [5.74, 6) is 0.881. The van der Waals surface area contributed by atoms with Crippen molar-refractivity contribution in [2.75, 3.05) is 23.0 Å². The molecule has 0 saturated heterocycles. The molecule has 0 aliphatic carbocycles. The maximum Gasteiger partial charge on any atom is 0.227 e. The van der Waals surface area contributed by atoms with Gasteiger partial charge < -0.3 is 21.5 Å². The van der Waals surface area contributed by atoms with Crippen LogP contribution in [0.1, 0.15) is 20.3 Å². The van der Waals surface area contributed by atoms with Gasteiger partial charge in [-0.15, -0.1) is 5.10 Å². The molecular formula is C16H21ClN8O. The number of aryl methyl sites for hydroxylation is 1. The zero-order chi connectivity index (χ0) is 18.7. The van der Waals surface area contributed by atoms with Gasteiger partial charge in [0.05, 0.1) is 23.4 Å². The Labute approximate surface area is 155 Å². The SMILES string of the molecule is CCC(CO)Nc1nc(Nc2ccc(Cl)c(N)c2)c2nnn(CC)c2n1. The molecule has 0 amide bonds. The van der Waals surface area contributed by atoms with Gasteiger partial charge in [0.25, 0.3) is 0 Å². The number of hydrogen-bond acceptors (Lipinski definition) is 8. The molecule has 1 aromatic carbocycles. The number of aromatic nitrogens is 5. The predicted molar refractivity (Wildman–Crippen MR) is 103 cm³/mol. The van der Waals surface area contributed by atoms with Gasteiger partial charge >= 0.3 is 0 Å². The Hall–Kier alpha value is -2.65. The molecule has 0 fully saturated rings. The molecule has 0 aliphatic heterocycles. The van der Waals surface area contributed by atoms with Crippen LogP contribution in [0.25, 0.3) is 11.2 Å². The minimum atomic E-state index is -0.141. The number of rotatable bonds is 7. The first-order valence-corrected chi connectivity index (χ1v) is 8.74. The van der Waals surface area contributed by atoms with Crippen LogP contribution in [0.4, 0.5) is 23.1 Å². The van der Waals surface area contributed by atoms with E-state index in [1.807, 2.05) is 13.8 Å². The van der Waals surface area contributed by atoms with E-state index in [4.69, 9.17) is 17.3 Å². The molecule has 0 spiro atoms. The summed E-state index contributed by atoms with van der Waals surface area (Å²) in [5.41, 5.74) is 8.19. The van der Waals surface area contributed by atoms with Crippen LogP contribution in [-0.4, -0.2) is 42.7 Å². The van der Waals surface area contributed by atoms with E-state index in [0.29, 0.717) is 40.2 Å². The Morgan fingerprint density at radius 3 is 2.77 bits per heavy atom. The summed E-state index contributed by atoms with van der Waals surface area (Å²) in [6.07, 6.45) is 0.736. The number of nitrogens with one attached hydrogen (secondary N) is 2. The Balaban J connectivity index is 2.03.